The first-order valence-corrected chi connectivity index (χ1v) is 23.2. The Hall–Kier alpha value is -3.46. The van der Waals surface area contributed by atoms with Gasteiger partial charge in [0.25, 0.3) is 0 Å². The van der Waals surface area contributed by atoms with E-state index < -0.39 is 8.07 Å². The Balaban J connectivity index is 0.000000169. The van der Waals surface area contributed by atoms with Gasteiger partial charge in [-0.15, -0.1) is 0 Å². The van der Waals surface area contributed by atoms with Crippen LogP contribution in [0.25, 0.3) is 22.2 Å². The molecule has 52 heavy (non-hydrogen) atoms. The van der Waals surface area contributed by atoms with Crippen molar-refractivity contribution in [3.05, 3.63) is 98.7 Å². The molecule has 2 fully saturated rings. The highest BCUT2D eigenvalue weighted by atomic mass is 79.9. The predicted octanol–water partition coefficient (Wildman–Crippen LogP) is 8.04. The Labute approximate surface area is 323 Å². The molecule has 8 rings (SSSR count). The van der Waals surface area contributed by atoms with Crippen LogP contribution < -0.4 is 9.80 Å². The molecule has 3 aromatic heterocycles. The molecule has 10 nitrogen and oxygen atoms in total. The number of fused-ring (bicyclic) bond motifs is 2. The van der Waals surface area contributed by atoms with E-state index in [1.807, 2.05) is 29.2 Å². The second kappa shape index (κ2) is 16.7. The van der Waals surface area contributed by atoms with Gasteiger partial charge in [0, 0.05) is 84.3 Å². The highest BCUT2D eigenvalue weighted by Gasteiger charge is 2.21. The van der Waals surface area contributed by atoms with Gasteiger partial charge in [0.05, 0.1) is 44.2 Å². The van der Waals surface area contributed by atoms with Gasteiger partial charge >= 0.3 is 0 Å². The third kappa shape index (κ3) is 9.00. The monoisotopic (exact) mass is 845 g/mol. The van der Waals surface area contributed by atoms with Crippen LogP contribution >= 0.6 is 31.9 Å². The van der Waals surface area contributed by atoms with Crippen molar-refractivity contribution >= 4 is 68.2 Å². The number of morpholine rings is 2. The molecule has 0 radical (unpaired) electrons. The Morgan fingerprint density at radius 3 is 2.04 bits per heavy atom. The molecule has 0 aliphatic carbocycles. The van der Waals surface area contributed by atoms with Gasteiger partial charge in [0.1, 0.15) is 24.1 Å². The molecule has 5 aromatic rings. The smallest absolute Gasteiger partial charge is 0.140 e. The zero-order valence-corrected chi connectivity index (χ0v) is 34.2. The maximum Gasteiger partial charge on any atom is 0.140 e. The summed E-state index contributed by atoms with van der Waals surface area (Å²) in [6.07, 6.45) is 3.74. The minimum Gasteiger partial charge on any atom is -0.378 e. The van der Waals surface area contributed by atoms with Gasteiger partial charge in [-0.3, -0.25) is 4.99 Å². The van der Waals surface area contributed by atoms with Crippen LogP contribution in [0, 0.1) is 0 Å². The summed E-state index contributed by atoms with van der Waals surface area (Å²) in [5, 5.41) is 6.04. The van der Waals surface area contributed by atoms with Crippen LogP contribution in [0.4, 0.5) is 11.6 Å². The van der Waals surface area contributed by atoms with E-state index in [9.17, 15) is 0 Å². The first-order valence-electron chi connectivity index (χ1n) is 17.9. The zero-order valence-electron chi connectivity index (χ0n) is 30.0. The molecule has 272 valence electrons. The van der Waals surface area contributed by atoms with Gasteiger partial charge in [-0.25, -0.2) is 14.6 Å². The van der Waals surface area contributed by atoms with Crippen molar-refractivity contribution in [1.82, 2.24) is 19.7 Å². The van der Waals surface area contributed by atoms with Gasteiger partial charge in [0.2, 0.25) is 0 Å². The summed E-state index contributed by atoms with van der Waals surface area (Å²) in [5.74, 6) is 1.98. The third-order valence-corrected chi connectivity index (χ3v) is 12.1. The quantitative estimate of drug-likeness (QED) is 0.109. The van der Waals surface area contributed by atoms with E-state index in [0.717, 1.165) is 126 Å². The van der Waals surface area contributed by atoms with Crippen molar-refractivity contribution in [2.75, 3.05) is 69.0 Å². The fourth-order valence-electron chi connectivity index (χ4n) is 6.46. The molecule has 0 saturated carbocycles. The molecule has 13 heteroatoms. The molecule has 0 bridgehead atoms. The SMILES string of the molecule is Brc1ccc2c(c1)C(c1ccnc(N3CCOCC3)c1)=NC2.C[Si](C)(C)CCOCn1nc(-c2ccnc(N3CCOCC3)c2)c2cc(Br)ccc21. The number of aliphatic imine (C=N–C) groups is 1. The average Bonchev–Trinajstić information content (AvgIpc) is 3.75. The van der Waals surface area contributed by atoms with Gasteiger partial charge < -0.3 is 24.0 Å². The summed E-state index contributed by atoms with van der Waals surface area (Å²) in [6.45, 7) is 15.6. The van der Waals surface area contributed by atoms with Crippen molar-refractivity contribution in [2.24, 2.45) is 4.99 Å². The number of hydrogen-bond donors (Lipinski definition) is 0. The molecular weight excluding hydrogens is 802 g/mol. The maximum absolute atomic E-state index is 5.99. The van der Waals surface area contributed by atoms with Crippen molar-refractivity contribution in [2.45, 2.75) is 39.0 Å². The number of nitrogens with zero attached hydrogens (tertiary/aromatic N) is 7. The summed E-state index contributed by atoms with van der Waals surface area (Å²) >= 11 is 7.17. The molecule has 0 atom stereocenters. The molecule has 6 heterocycles. The zero-order chi connectivity index (χ0) is 36.1. The lowest BCUT2D eigenvalue weighted by Crippen LogP contribution is -2.36. The lowest BCUT2D eigenvalue weighted by molar-refractivity contribution is 0.0818. The van der Waals surface area contributed by atoms with Gasteiger partial charge in [0.15, 0.2) is 0 Å². The molecule has 3 aliphatic heterocycles. The molecule has 0 N–H and O–H groups in total. The summed E-state index contributed by atoms with van der Waals surface area (Å²) in [7, 11) is -1.11. The first-order chi connectivity index (χ1) is 25.2. The minimum absolute atomic E-state index is 0.462. The largest absolute Gasteiger partial charge is 0.378 e. The Bertz CT molecular complexity index is 2040. The first kappa shape index (κ1) is 36.9. The van der Waals surface area contributed by atoms with Crippen LogP contribution in [0.1, 0.15) is 16.7 Å². The van der Waals surface area contributed by atoms with Crippen molar-refractivity contribution in [3.63, 3.8) is 0 Å². The molecule has 0 amide bonds. The van der Waals surface area contributed by atoms with E-state index in [0.29, 0.717) is 6.73 Å². The van der Waals surface area contributed by atoms with Crippen LogP contribution in [0.3, 0.4) is 0 Å². The summed E-state index contributed by atoms with van der Waals surface area (Å²) in [6, 6.07) is 22.1. The van der Waals surface area contributed by atoms with E-state index in [1.165, 1.54) is 11.1 Å². The standard InChI is InChI=1S/C22H29BrN4O2Si.C17H16BrN3O/c1-30(2,3)13-12-29-16-27-20-5-4-18(23)15-19(20)22(25-27)17-6-7-24-21(14-17)26-8-10-28-11-9-26;18-14-2-1-13-11-20-17(15(13)10-14)12-3-4-19-16(9-12)21-5-7-22-8-6-21/h4-7,14-15H,8-13,16H2,1-3H3;1-4,9-10H,5-8,11H2. The number of ether oxygens (including phenoxy) is 3. The van der Waals surface area contributed by atoms with Crippen molar-refractivity contribution in [3.8, 4) is 11.3 Å². The van der Waals surface area contributed by atoms with Crippen LogP contribution in [0.15, 0.2) is 87.0 Å². The predicted molar refractivity (Wildman–Crippen MR) is 219 cm³/mol. The van der Waals surface area contributed by atoms with E-state index in [4.69, 9.17) is 24.3 Å². The second-order valence-corrected chi connectivity index (χ2v) is 21.8. The molecular formula is C39H45Br2N7O3Si. The number of benzene rings is 2. The molecule has 0 unspecified atom stereocenters. The van der Waals surface area contributed by atoms with E-state index in [-0.39, 0.29) is 0 Å². The lowest BCUT2D eigenvalue weighted by Gasteiger charge is -2.28. The fourth-order valence-corrected chi connectivity index (χ4v) is 7.94. The number of aromatic nitrogens is 4. The topological polar surface area (TPSA) is 90.1 Å². The number of pyridine rings is 2. The number of rotatable bonds is 9. The van der Waals surface area contributed by atoms with Crippen LogP contribution in [0.5, 0.6) is 0 Å². The Morgan fingerprint density at radius 1 is 0.750 bits per heavy atom. The van der Waals surface area contributed by atoms with E-state index >= 15 is 0 Å². The van der Waals surface area contributed by atoms with Crippen molar-refractivity contribution in [1.29, 1.82) is 0 Å². The van der Waals surface area contributed by atoms with E-state index in [1.54, 1.807) is 0 Å². The van der Waals surface area contributed by atoms with Gasteiger partial charge in [-0.05, 0) is 66.2 Å². The van der Waals surface area contributed by atoms with Crippen molar-refractivity contribution < 1.29 is 14.2 Å². The summed E-state index contributed by atoms with van der Waals surface area (Å²) in [4.78, 5) is 18.4. The lowest BCUT2D eigenvalue weighted by atomic mass is 10.0. The molecule has 2 aromatic carbocycles. The number of hydrogen-bond acceptors (Lipinski definition) is 9. The van der Waals surface area contributed by atoms with Crippen LogP contribution in [-0.4, -0.2) is 92.7 Å². The molecule has 2 saturated heterocycles. The highest BCUT2D eigenvalue weighted by Crippen LogP contribution is 2.32. The number of anilines is 2. The van der Waals surface area contributed by atoms with E-state index in [2.05, 4.69) is 120 Å². The van der Waals surface area contributed by atoms with Crippen LogP contribution in [0.2, 0.25) is 25.7 Å². The van der Waals surface area contributed by atoms with Crippen LogP contribution in [-0.2, 0) is 27.5 Å². The Morgan fingerprint density at radius 2 is 1.37 bits per heavy atom. The molecule has 0 spiro atoms. The highest BCUT2D eigenvalue weighted by molar-refractivity contribution is 9.10. The fraction of sp³-hybridized carbons (Fsp3) is 0.385. The third-order valence-electron chi connectivity index (χ3n) is 9.37. The second-order valence-electron chi connectivity index (χ2n) is 14.3. The normalized spacial score (nSPS) is 16.1. The van der Waals surface area contributed by atoms with Gasteiger partial charge in [-0.2, -0.15) is 5.10 Å². The number of halogens is 2. The Kier molecular flexibility index (Phi) is 11.8. The summed E-state index contributed by atoms with van der Waals surface area (Å²) in [5.41, 5.74) is 7.79. The maximum atomic E-state index is 5.99. The minimum atomic E-state index is -1.11. The average molecular weight is 848 g/mol. The van der Waals surface area contributed by atoms with Gasteiger partial charge in [-0.1, -0.05) is 57.6 Å². The summed E-state index contributed by atoms with van der Waals surface area (Å²) < 4.78 is 21.0. The molecule has 3 aliphatic rings.